The van der Waals surface area contributed by atoms with Crippen molar-refractivity contribution in [3.05, 3.63) is 23.8 Å². The number of allylic oxidation sites excluding steroid dienone is 2. The van der Waals surface area contributed by atoms with E-state index in [2.05, 4.69) is 16.0 Å². The lowest BCUT2D eigenvalue weighted by molar-refractivity contribution is -0.134. The van der Waals surface area contributed by atoms with Crippen molar-refractivity contribution < 1.29 is 14.4 Å². The fourth-order valence-corrected chi connectivity index (χ4v) is 2.19. The first-order valence-corrected chi connectivity index (χ1v) is 6.89. The molecule has 0 aromatic heterocycles. The van der Waals surface area contributed by atoms with E-state index >= 15 is 0 Å². The molecule has 0 aromatic rings. The second-order valence-electron chi connectivity index (χ2n) is 4.85. The minimum atomic E-state index is -0.349. The number of carbonyl (C=O) groups excluding carboxylic acids is 3. The van der Waals surface area contributed by atoms with Gasteiger partial charge in [0.15, 0.2) is 0 Å². The number of hydrogen-bond acceptors (Lipinski definition) is 4. The molecular formula is C14H19N3O3. The smallest absolute Gasteiger partial charge is 0.250 e. The Hall–Kier alpha value is -1.95. The van der Waals surface area contributed by atoms with Gasteiger partial charge in [0.25, 0.3) is 5.91 Å². The Kier molecular flexibility index (Phi) is 5.06. The van der Waals surface area contributed by atoms with Crippen molar-refractivity contribution in [1.82, 2.24) is 16.0 Å². The maximum absolute atomic E-state index is 11.8. The predicted octanol–water partition coefficient (Wildman–Crippen LogP) is -0.226. The van der Waals surface area contributed by atoms with Gasteiger partial charge < -0.3 is 10.6 Å². The van der Waals surface area contributed by atoms with Crippen LogP contribution >= 0.6 is 0 Å². The Morgan fingerprint density at radius 1 is 1.30 bits per heavy atom. The van der Waals surface area contributed by atoms with Crippen LogP contribution in [0.5, 0.6) is 0 Å². The zero-order valence-electron chi connectivity index (χ0n) is 11.3. The Bertz CT molecular complexity index is 468. The van der Waals surface area contributed by atoms with Crippen LogP contribution in [0.4, 0.5) is 0 Å². The molecule has 108 valence electrons. The summed E-state index contributed by atoms with van der Waals surface area (Å²) < 4.78 is 0. The molecule has 1 aliphatic heterocycles. The highest BCUT2D eigenvalue weighted by Crippen LogP contribution is 2.09. The molecule has 20 heavy (non-hydrogen) atoms. The lowest BCUT2D eigenvalue weighted by atomic mass is 10.1. The second-order valence-corrected chi connectivity index (χ2v) is 4.85. The molecular weight excluding hydrogens is 258 g/mol. The van der Waals surface area contributed by atoms with E-state index in [1.54, 1.807) is 0 Å². The Morgan fingerprint density at radius 3 is 2.85 bits per heavy atom. The summed E-state index contributed by atoms with van der Waals surface area (Å²) in [5.41, 5.74) is 0.692. The van der Waals surface area contributed by atoms with Crippen LogP contribution in [0.15, 0.2) is 23.8 Å². The van der Waals surface area contributed by atoms with Crippen molar-refractivity contribution in [1.29, 1.82) is 0 Å². The Balaban J connectivity index is 1.65. The summed E-state index contributed by atoms with van der Waals surface area (Å²) in [4.78, 5) is 34.2. The van der Waals surface area contributed by atoms with Gasteiger partial charge in [0, 0.05) is 25.1 Å². The first-order valence-electron chi connectivity index (χ1n) is 6.89. The van der Waals surface area contributed by atoms with Gasteiger partial charge in [-0.3, -0.25) is 19.7 Å². The molecule has 0 aromatic carbocycles. The number of imide groups is 1. The molecule has 3 N–H and O–H groups in total. The van der Waals surface area contributed by atoms with E-state index in [4.69, 9.17) is 0 Å². The molecule has 0 saturated carbocycles. The first kappa shape index (κ1) is 14.5. The van der Waals surface area contributed by atoms with Gasteiger partial charge >= 0.3 is 0 Å². The maximum Gasteiger partial charge on any atom is 0.250 e. The van der Waals surface area contributed by atoms with E-state index in [0.29, 0.717) is 31.5 Å². The molecule has 1 fully saturated rings. The molecule has 1 saturated heterocycles. The number of rotatable bonds is 5. The monoisotopic (exact) mass is 277 g/mol. The number of carbonyl (C=O) groups is 3. The van der Waals surface area contributed by atoms with Crippen LogP contribution in [0.25, 0.3) is 0 Å². The summed E-state index contributed by atoms with van der Waals surface area (Å²) in [6, 6.07) is -0.349. The van der Waals surface area contributed by atoms with Crippen molar-refractivity contribution in [3.8, 4) is 0 Å². The summed E-state index contributed by atoms with van der Waals surface area (Å²) in [5, 5.41) is 8.11. The predicted molar refractivity (Wildman–Crippen MR) is 73.6 cm³/mol. The molecule has 1 aliphatic carbocycles. The summed E-state index contributed by atoms with van der Waals surface area (Å²) in [6.45, 7) is 0.941. The van der Waals surface area contributed by atoms with Gasteiger partial charge in [-0.25, -0.2) is 0 Å². The van der Waals surface area contributed by atoms with Crippen LogP contribution in [0.2, 0.25) is 0 Å². The molecule has 2 rings (SSSR count). The molecule has 1 unspecified atom stereocenters. The highest BCUT2D eigenvalue weighted by molar-refractivity contribution is 6.00. The van der Waals surface area contributed by atoms with Gasteiger partial charge in [-0.2, -0.15) is 0 Å². The van der Waals surface area contributed by atoms with Crippen molar-refractivity contribution in [2.75, 3.05) is 13.1 Å². The van der Waals surface area contributed by atoms with Crippen LogP contribution in [0.3, 0.4) is 0 Å². The Morgan fingerprint density at radius 2 is 2.15 bits per heavy atom. The SMILES string of the molecule is O=C1CCC(NCCNC(=O)C2=CCCC=C2)C(=O)N1. The average molecular weight is 277 g/mol. The topological polar surface area (TPSA) is 87.3 Å². The third kappa shape index (κ3) is 4.03. The van der Waals surface area contributed by atoms with Crippen LogP contribution in [-0.2, 0) is 14.4 Å². The van der Waals surface area contributed by atoms with Crippen molar-refractivity contribution in [3.63, 3.8) is 0 Å². The molecule has 6 nitrogen and oxygen atoms in total. The minimum Gasteiger partial charge on any atom is -0.351 e. The molecule has 1 atom stereocenters. The summed E-state index contributed by atoms with van der Waals surface area (Å²) in [5.74, 6) is -0.603. The standard InChI is InChI=1S/C14H19N3O3/c18-12-7-6-11(14(20)17-12)15-8-9-16-13(19)10-4-2-1-3-5-10/h2,4-5,11,15H,1,3,6-9H2,(H,16,19)(H,17,18,20). The largest absolute Gasteiger partial charge is 0.351 e. The number of nitrogens with one attached hydrogen (secondary N) is 3. The van der Waals surface area contributed by atoms with Crippen LogP contribution in [-0.4, -0.2) is 36.9 Å². The molecule has 2 aliphatic rings. The van der Waals surface area contributed by atoms with E-state index in [0.717, 1.165) is 12.8 Å². The third-order valence-electron chi connectivity index (χ3n) is 3.30. The number of hydrogen-bond donors (Lipinski definition) is 3. The first-order chi connectivity index (χ1) is 9.66. The quantitative estimate of drug-likeness (QED) is 0.479. The van der Waals surface area contributed by atoms with Crippen LogP contribution in [0.1, 0.15) is 25.7 Å². The maximum atomic E-state index is 11.8. The summed E-state index contributed by atoms with van der Waals surface area (Å²) in [6.07, 6.45) is 8.47. The molecule has 3 amide bonds. The lowest BCUT2D eigenvalue weighted by Crippen LogP contribution is -2.51. The molecule has 0 spiro atoms. The fraction of sp³-hybridized carbons (Fsp3) is 0.500. The lowest BCUT2D eigenvalue weighted by Gasteiger charge is -2.21. The van der Waals surface area contributed by atoms with E-state index in [1.165, 1.54) is 0 Å². The number of piperidine rings is 1. The fourth-order valence-electron chi connectivity index (χ4n) is 2.19. The van der Waals surface area contributed by atoms with Gasteiger partial charge in [0.1, 0.15) is 0 Å². The number of amides is 3. The van der Waals surface area contributed by atoms with Gasteiger partial charge in [-0.15, -0.1) is 0 Å². The zero-order chi connectivity index (χ0) is 14.4. The summed E-state index contributed by atoms with van der Waals surface area (Å²) >= 11 is 0. The van der Waals surface area contributed by atoms with Gasteiger partial charge in [0.05, 0.1) is 6.04 Å². The average Bonchev–Trinajstić information content (AvgIpc) is 2.46. The summed E-state index contributed by atoms with van der Waals surface area (Å²) in [7, 11) is 0. The zero-order valence-corrected chi connectivity index (χ0v) is 11.3. The van der Waals surface area contributed by atoms with Crippen molar-refractivity contribution in [2.45, 2.75) is 31.7 Å². The van der Waals surface area contributed by atoms with E-state index in [1.807, 2.05) is 18.2 Å². The molecule has 1 heterocycles. The van der Waals surface area contributed by atoms with Gasteiger partial charge in [0.2, 0.25) is 11.8 Å². The minimum absolute atomic E-state index is 0.0916. The highest BCUT2D eigenvalue weighted by atomic mass is 16.2. The van der Waals surface area contributed by atoms with Crippen molar-refractivity contribution in [2.24, 2.45) is 0 Å². The van der Waals surface area contributed by atoms with Crippen LogP contribution < -0.4 is 16.0 Å². The van der Waals surface area contributed by atoms with Crippen LogP contribution in [0, 0.1) is 0 Å². The third-order valence-corrected chi connectivity index (χ3v) is 3.30. The molecule has 0 radical (unpaired) electrons. The normalized spacial score (nSPS) is 22.2. The van der Waals surface area contributed by atoms with E-state index in [9.17, 15) is 14.4 Å². The van der Waals surface area contributed by atoms with Gasteiger partial charge in [-0.05, 0) is 19.3 Å². The Labute approximate surface area is 117 Å². The van der Waals surface area contributed by atoms with Gasteiger partial charge in [-0.1, -0.05) is 18.2 Å². The molecule has 0 bridgehead atoms. The van der Waals surface area contributed by atoms with E-state index < -0.39 is 0 Å². The van der Waals surface area contributed by atoms with Crippen molar-refractivity contribution >= 4 is 17.7 Å². The second kappa shape index (κ2) is 7.00. The highest BCUT2D eigenvalue weighted by Gasteiger charge is 2.25. The molecule has 6 heteroatoms. The van der Waals surface area contributed by atoms with E-state index in [-0.39, 0.29) is 23.8 Å².